The Hall–Kier alpha value is -7.92. The number of anilines is 4. The summed E-state index contributed by atoms with van der Waals surface area (Å²) in [5, 5.41) is 11.1. The van der Waals surface area contributed by atoms with Crippen molar-refractivity contribution in [2.24, 2.45) is 0 Å². The van der Waals surface area contributed by atoms with Gasteiger partial charge in [0, 0.05) is 4.47 Å². The van der Waals surface area contributed by atoms with Crippen LogP contribution in [0.4, 0.5) is 41.9 Å². The van der Waals surface area contributed by atoms with E-state index in [-0.39, 0.29) is 0 Å². The van der Waals surface area contributed by atoms with E-state index in [1.54, 1.807) is 59.7 Å². The van der Waals surface area contributed by atoms with Gasteiger partial charge in [0.05, 0.1) is 34.0 Å². The molecule has 0 spiro atoms. The van der Waals surface area contributed by atoms with Crippen molar-refractivity contribution >= 4 is 75.6 Å². The molecule has 14 nitrogen and oxygen atoms in total. The number of aryl methyl sites for hydroxylation is 11. The first kappa shape index (κ1) is 76.8. The van der Waals surface area contributed by atoms with Crippen LogP contribution in [0.3, 0.4) is 0 Å². The molecule has 7 aromatic carbocycles. The van der Waals surface area contributed by atoms with E-state index in [4.69, 9.17) is 28.3 Å². The van der Waals surface area contributed by atoms with Crippen LogP contribution in [0.1, 0.15) is 198 Å². The molecule has 4 N–H and O–H groups in total. The number of rotatable bonds is 7. The monoisotopic (exact) mass is 1410 g/mol. The molecule has 9 aliphatic rings. The van der Waals surface area contributed by atoms with Crippen molar-refractivity contribution in [3.05, 3.63) is 193 Å². The van der Waals surface area contributed by atoms with Gasteiger partial charge in [0.15, 0.2) is 0 Å². The van der Waals surface area contributed by atoms with Gasteiger partial charge in [0.1, 0.15) is 22.4 Å². The lowest BCUT2D eigenvalue weighted by Gasteiger charge is -2.32. The number of benzene rings is 7. The first-order valence-electron chi connectivity index (χ1n) is 35.1. The fraction of sp³-hybridized carbons (Fsp3) is 0.446. The molecule has 99 heavy (non-hydrogen) atoms. The molecule has 1 saturated heterocycles. The summed E-state index contributed by atoms with van der Waals surface area (Å²) in [5.74, 6) is 0. The predicted octanol–water partition coefficient (Wildman–Crippen LogP) is 21.1. The molecule has 8 bridgehead atoms. The van der Waals surface area contributed by atoms with Gasteiger partial charge in [-0.2, -0.15) is 0 Å². The van der Waals surface area contributed by atoms with Crippen LogP contribution in [-0.4, -0.2) is 65.1 Å². The number of halogens is 1. The Balaban J connectivity index is 0.000000208. The third-order valence-electron chi connectivity index (χ3n) is 17.8. The normalized spacial score (nSPS) is 15.2. The number of amides is 4. The van der Waals surface area contributed by atoms with Crippen LogP contribution in [0.15, 0.2) is 132 Å². The van der Waals surface area contributed by atoms with Crippen LogP contribution < -0.4 is 26.7 Å². The summed E-state index contributed by atoms with van der Waals surface area (Å²) < 4.78 is 35.2. The van der Waals surface area contributed by atoms with Crippen LogP contribution in [0.5, 0.6) is 0 Å². The zero-order chi connectivity index (χ0) is 72.4. The summed E-state index contributed by atoms with van der Waals surface area (Å²) in [6, 6.07) is 45.5. The summed E-state index contributed by atoms with van der Waals surface area (Å²) in [4.78, 5) is 50.3. The average molecular weight is 1410 g/mol. The maximum absolute atomic E-state index is 12.9. The molecule has 0 atom stereocenters. The van der Waals surface area contributed by atoms with Crippen LogP contribution >= 0.6 is 15.9 Å². The summed E-state index contributed by atoms with van der Waals surface area (Å²) in [7, 11) is -0.625. The molecular weight excluding hydrogens is 1300 g/mol. The quantitative estimate of drug-likeness (QED) is 0.0889. The average Bonchev–Trinajstić information content (AvgIpc) is 1.67. The van der Waals surface area contributed by atoms with Gasteiger partial charge in [0.2, 0.25) is 0 Å². The maximum atomic E-state index is 12.9. The molecular formula is C83H106BBrN4O10. The van der Waals surface area contributed by atoms with Crippen molar-refractivity contribution in [2.75, 3.05) is 21.3 Å². The molecule has 0 aromatic heterocycles. The van der Waals surface area contributed by atoms with Gasteiger partial charge >= 0.3 is 31.5 Å². The van der Waals surface area contributed by atoms with E-state index < -0.39 is 65.1 Å². The number of ether oxygens (including phenoxy) is 4. The first-order chi connectivity index (χ1) is 46.2. The minimum absolute atomic E-state index is 0.340. The largest absolute Gasteiger partial charge is 0.494 e. The highest BCUT2D eigenvalue weighted by Gasteiger charge is 2.52. The Kier molecular flexibility index (Phi) is 25.0. The molecule has 0 unspecified atom stereocenters. The molecule has 0 radical (unpaired) electrons. The SMILES string of the molecule is CC(C)(C)OC(=O)Nc1ccc(B2OC(C)(C)C(C)(C)O2)cc1NC(=O)OC(C)(C)C.Cc1cc2ccc1CCCc1ccc(c(Br)c1)CCC2.Cc1ccc(-c2cc3ccc2CCCc2ccc(c(-c4ccc(NC(=O)OC(C)(C)C)c(NC(=O)OC(C)(C)C)c4)c2)CCC3)cc1C. The molecule has 528 valence electrons. The lowest BCUT2D eigenvalue weighted by atomic mass is 9.78. The van der Waals surface area contributed by atoms with Crippen molar-refractivity contribution in [3.63, 3.8) is 0 Å². The number of carbonyl (C=O) groups is 4. The summed E-state index contributed by atoms with van der Waals surface area (Å²) in [6.45, 7) is 36.0. The summed E-state index contributed by atoms with van der Waals surface area (Å²) >= 11 is 3.73. The number of hydrogen-bond acceptors (Lipinski definition) is 10. The highest BCUT2D eigenvalue weighted by molar-refractivity contribution is 9.10. The van der Waals surface area contributed by atoms with Gasteiger partial charge in [-0.15, -0.1) is 0 Å². The molecule has 1 aliphatic heterocycles. The van der Waals surface area contributed by atoms with E-state index >= 15 is 0 Å². The van der Waals surface area contributed by atoms with Gasteiger partial charge in [-0.1, -0.05) is 113 Å². The van der Waals surface area contributed by atoms with Crippen molar-refractivity contribution < 1.29 is 47.4 Å². The first-order valence-corrected chi connectivity index (χ1v) is 35.8. The zero-order valence-corrected chi connectivity index (χ0v) is 63.7. The van der Waals surface area contributed by atoms with Crippen molar-refractivity contribution in [3.8, 4) is 22.3 Å². The molecule has 16 heteroatoms. The van der Waals surface area contributed by atoms with Gasteiger partial charge in [-0.05, 0) is 328 Å². The molecule has 4 amide bonds. The van der Waals surface area contributed by atoms with Gasteiger partial charge < -0.3 is 28.3 Å². The second-order valence-corrected chi connectivity index (χ2v) is 32.4. The lowest BCUT2D eigenvalue weighted by molar-refractivity contribution is 0.00578. The number of hydrogen-bond donors (Lipinski definition) is 4. The van der Waals surface area contributed by atoms with E-state index in [0.717, 1.165) is 56.1 Å². The van der Waals surface area contributed by atoms with E-state index in [2.05, 4.69) is 149 Å². The summed E-state index contributed by atoms with van der Waals surface area (Å²) in [6.07, 6.45) is 10.5. The van der Waals surface area contributed by atoms with Gasteiger partial charge in [0.25, 0.3) is 0 Å². The highest BCUT2D eigenvalue weighted by atomic mass is 79.9. The topological polar surface area (TPSA) is 172 Å². The van der Waals surface area contributed by atoms with Crippen LogP contribution in [0.25, 0.3) is 22.3 Å². The van der Waals surface area contributed by atoms with Crippen molar-refractivity contribution in [1.29, 1.82) is 0 Å². The van der Waals surface area contributed by atoms with E-state index in [9.17, 15) is 19.2 Å². The Morgan fingerprint density at radius 1 is 0.374 bits per heavy atom. The van der Waals surface area contributed by atoms with E-state index in [0.29, 0.717) is 28.2 Å². The summed E-state index contributed by atoms with van der Waals surface area (Å²) in [5.41, 5.74) is 18.6. The fourth-order valence-electron chi connectivity index (χ4n) is 12.0. The molecule has 1 heterocycles. The second kappa shape index (κ2) is 32.2. The lowest BCUT2D eigenvalue weighted by Crippen LogP contribution is -2.41. The van der Waals surface area contributed by atoms with E-state index in [1.165, 1.54) is 109 Å². The third-order valence-corrected chi connectivity index (χ3v) is 18.5. The molecule has 16 rings (SSSR count). The maximum Gasteiger partial charge on any atom is 0.494 e. The fourth-order valence-corrected chi connectivity index (χ4v) is 12.6. The minimum Gasteiger partial charge on any atom is -0.444 e. The third kappa shape index (κ3) is 23.1. The molecule has 8 aliphatic carbocycles. The molecule has 7 aromatic rings. The Morgan fingerprint density at radius 2 is 0.727 bits per heavy atom. The number of carbonyl (C=O) groups excluding carboxylic acids is 4. The highest BCUT2D eigenvalue weighted by Crippen LogP contribution is 2.39. The van der Waals surface area contributed by atoms with Gasteiger partial charge in [-0.3, -0.25) is 21.3 Å². The predicted molar refractivity (Wildman–Crippen MR) is 408 cm³/mol. The Morgan fingerprint density at radius 3 is 1.15 bits per heavy atom. The Bertz CT molecular complexity index is 3970. The van der Waals surface area contributed by atoms with Crippen LogP contribution in [-0.2, 0) is 79.6 Å². The van der Waals surface area contributed by atoms with Crippen molar-refractivity contribution in [2.45, 2.75) is 242 Å². The number of nitrogens with one attached hydrogen (secondary N) is 4. The van der Waals surface area contributed by atoms with Gasteiger partial charge in [-0.25, -0.2) is 19.2 Å². The van der Waals surface area contributed by atoms with Crippen LogP contribution in [0, 0.1) is 20.8 Å². The van der Waals surface area contributed by atoms with Crippen molar-refractivity contribution in [1.82, 2.24) is 0 Å². The minimum atomic E-state index is -0.676. The molecule has 1 fully saturated rings. The second-order valence-electron chi connectivity index (χ2n) is 31.5. The molecule has 0 saturated carbocycles. The van der Waals surface area contributed by atoms with Crippen LogP contribution in [0.2, 0.25) is 0 Å². The smallest absolute Gasteiger partial charge is 0.444 e. The standard InChI is InChI=1S/C42H50N2O4.C22H35BN2O6.C19H21Br/c1-27-15-18-33(23-28(27)2)35-24-29-11-10-14-32-20-17-30(12-9-13-31(35)19-16-29)25-36(32)34-21-22-37(43-39(45)47-41(3,4)5)38(26-34)44-40(46)48-42(6,7)8;1-19(2,3)28-17(26)24-15-12-11-14(23-30-21(7,8)22(9,10)31-23)13-16(15)25-18(27)29-20(4,5)6;1-14-12-15-4-3-7-18-11-9-16(13-19(18)20)5-2-6-17(14)10-8-15/h15-26H,9-14H2,1-8H3,(H,43,45)(H,44,46);11-13H,1-10H3,(H,24,26)(H,25,27);8-13H,2-7H2,1H3. The van der Waals surface area contributed by atoms with E-state index in [1.807, 2.05) is 87.4 Å². The Labute approximate surface area is 598 Å². The zero-order valence-electron chi connectivity index (χ0n) is 62.1.